The number of benzene rings is 1. The Morgan fingerprint density at radius 3 is 2.37 bits per heavy atom. The summed E-state index contributed by atoms with van der Waals surface area (Å²) in [7, 11) is -3.92. The molecule has 0 saturated heterocycles. The highest BCUT2D eigenvalue weighted by Crippen LogP contribution is 2.34. The van der Waals surface area contributed by atoms with E-state index >= 15 is 0 Å². The molecule has 10 heteroatoms. The van der Waals surface area contributed by atoms with E-state index in [1.54, 1.807) is 0 Å². The van der Waals surface area contributed by atoms with Crippen LogP contribution >= 0.6 is 50.5 Å². The van der Waals surface area contributed by atoms with Gasteiger partial charge in [0.15, 0.2) is 5.13 Å². The van der Waals surface area contributed by atoms with E-state index in [-0.39, 0.29) is 25.8 Å². The van der Waals surface area contributed by atoms with Gasteiger partial charge in [-0.1, -0.05) is 34.5 Å². The van der Waals surface area contributed by atoms with Crippen LogP contribution < -0.4 is 10.5 Å². The molecule has 0 aliphatic rings. The maximum Gasteiger partial charge on any atom is 0.266 e. The molecule has 0 saturated carbocycles. The highest BCUT2D eigenvalue weighted by atomic mass is 79.9. The van der Waals surface area contributed by atoms with Gasteiger partial charge in [0.05, 0.1) is 20.0 Å². The normalized spacial score (nSPS) is 11.5. The lowest BCUT2D eigenvalue weighted by atomic mass is 10.3. The summed E-state index contributed by atoms with van der Waals surface area (Å²) in [5, 5.41) is 0.108. The van der Waals surface area contributed by atoms with Crippen molar-refractivity contribution < 1.29 is 8.42 Å². The van der Waals surface area contributed by atoms with Gasteiger partial charge in [0.25, 0.3) is 10.0 Å². The molecule has 1 heterocycles. The molecule has 0 unspecified atom stereocenters. The predicted molar refractivity (Wildman–Crippen MR) is 81.5 cm³/mol. The van der Waals surface area contributed by atoms with Crippen molar-refractivity contribution in [3.8, 4) is 0 Å². The van der Waals surface area contributed by atoms with Gasteiger partial charge in [0.2, 0.25) is 0 Å². The van der Waals surface area contributed by atoms with Gasteiger partial charge < -0.3 is 5.73 Å². The van der Waals surface area contributed by atoms with Gasteiger partial charge >= 0.3 is 0 Å². The number of nitrogens with two attached hydrogens (primary N) is 1. The van der Waals surface area contributed by atoms with Crippen LogP contribution in [0.25, 0.3) is 0 Å². The van der Waals surface area contributed by atoms with Crippen LogP contribution in [-0.4, -0.2) is 13.4 Å². The van der Waals surface area contributed by atoms with Crippen molar-refractivity contribution in [1.29, 1.82) is 0 Å². The van der Waals surface area contributed by atoms with E-state index < -0.39 is 10.0 Å². The summed E-state index contributed by atoms with van der Waals surface area (Å²) in [5.74, 6) is 0. The average molecular weight is 403 g/mol. The largest absolute Gasteiger partial charge is 0.399 e. The Morgan fingerprint density at radius 1 is 1.32 bits per heavy atom. The van der Waals surface area contributed by atoms with Crippen molar-refractivity contribution in [2.75, 3.05) is 10.5 Å². The van der Waals surface area contributed by atoms with E-state index in [0.29, 0.717) is 3.79 Å². The fraction of sp³-hybridized carbons (Fsp3) is 0. The SMILES string of the molecule is Nc1cc(Cl)c(S(=O)(=O)Nc2ncc(Br)s2)c(Cl)c1. The Bertz CT molecular complexity index is 710. The Balaban J connectivity index is 2.45. The molecule has 0 aliphatic heterocycles. The van der Waals surface area contributed by atoms with Gasteiger partial charge in [-0.3, -0.25) is 4.72 Å². The molecular weight excluding hydrogens is 397 g/mol. The van der Waals surface area contributed by atoms with E-state index in [4.69, 9.17) is 28.9 Å². The third-order valence-corrected chi connectivity index (χ3v) is 5.77. The molecule has 0 atom stereocenters. The molecule has 0 radical (unpaired) electrons. The lowest BCUT2D eigenvalue weighted by Gasteiger charge is -2.09. The molecular formula is C9H6BrCl2N3O2S2. The van der Waals surface area contributed by atoms with E-state index in [0.717, 1.165) is 11.3 Å². The lowest BCUT2D eigenvalue weighted by Crippen LogP contribution is -2.14. The number of halogens is 3. The minimum Gasteiger partial charge on any atom is -0.399 e. The summed E-state index contributed by atoms with van der Waals surface area (Å²) in [4.78, 5) is 3.65. The number of hydrogen-bond acceptors (Lipinski definition) is 5. The molecule has 2 rings (SSSR count). The second-order valence-electron chi connectivity index (χ2n) is 3.39. The summed E-state index contributed by atoms with van der Waals surface area (Å²) in [5.41, 5.74) is 5.81. The van der Waals surface area contributed by atoms with Crippen LogP contribution in [0.2, 0.25) is 10.0 Å². The topological polar surface area (TPSA) is 85.1 Å². The zero-order valence-electron chi connectivity index (χ0n) is 9.02. The van der Waals surface area contributed by atoms with Gasteiger partial charge in [0, 0.05) is 5.69 Å². The van der Waals surface area contributed by atoms with Crippen molar-refractivity contribution in [3.05, 3.63) is 32.2 Å². The zero-order valence-corrected chi connectivity index (χ0v) is 13.8. The number of aromatic nitrogens is 1. The van der Waals surface area contributed by atoms with Gasteiger partial charge in [-0.25, -0.2) is 13.4 Å². The number of hydrogen-bond donors (Lipinski definition) is 2. The molecule has 0 amide bonds. The summed E-state index contributed by atoms with van der Waals surface area (Å²) in [6.45, 7) is 0. The van der Waals surface area contributed by atoms with Crippen LogP contribution in [-0.2, 0) is 10.0 Å². The minimum absolute atomic E-state index is 0.0480. The van der Waals surface area contributed by atoms with Gasteiger partial charge in [-0.2, -0.15) is 0 Å². The van der Waals surface area contributed by atoms with E-state index in [9.17, 15) is 8.42 Å². The first-order chi connectivity index (χ1) is 8.79. The molecule has 0 spiro atoms. The first-order valence-electron chi connectivity index (χ1n) is 4.68. The molecule has 1 aromatic carbocycles. The summed E-state index contributed by atoms with van der Waals surface area (Å²) < 4.78 is 27.4. The van der Waals surface area contributed by atoms with Crippen LogP contribution in [0.15, 0.2) is 27.0 Å². The van der Waals surface area contributed by atoms with Gasteiger partial charge in [-0.15, -0.1) is 0 Å². The smallest absolute Gasteiger partial charge is 0.266 e. The third-order valence-electron chi connectivity index (χ3n) is 1.99. The molecule has 19 heavy (non-hydrogen) atoms. The van der Waals surface area contributed by atoms with Crippen molar-refractivity contribution in [2.45, 2.75) is 4.90 Å². The minimum atomic E-state index is -3.92. The van der Waals surface area contributed by atoms with Crippen LogP contribution in [0.1, 0.15) is 0 Å². The zero-order chi connectivity index (χ0) is 14.2. The summed E-state index contributed by atoms with van der Waals surface area (Å²) >= 11 is 16.1. The highest BCUT2D eigenvalue weighted by Gasteiger charge is 2.23. The molecule has 2 aromatic rings. The van der Waals surface area contributed by atoms with Crippen LogP contribution in [0.4, 0.5) is 10.8 Å². The average Bonchev–Trinajstić information content (AvgIpc) is 2.60. The number of anilines is 2. The van der Waals surface area contributed by atoms with E-state index in [1.165, 1.54) is 18.3 Å². The Labute approximate surface area is 131 Å². The number of rotatable bonds is 3. The number of nitrogens with one attached hydrogen (secondary N) is 1. The second-order valence-corrected chi connectivity index (χ2v) is 8.23. The fourth-order valence-corrected chi connectivity index (χ4v) is 4.89. The van der Waals surface area contributed by atoms with Gasteiger partial charge in [0.1, 0.15) is 4.90 Å². The van der Waals surface area contributed by atoms with Crippen LogP contribution in [0, 0.1) is 0 Å². The maximum atomic E-state index is 12.2. The summed E-state index contributed by atoms with van der Waals surface area (Å²) in [6.07, 6.45) is 1.48. The van der Waals surface area contributed by atoms with Crippen molar-refractivity contribution in [1.82, 2.24) is 4.98 Å². The number of sulfonamides is 1. The molecule has 102 valence electrons. The molecule has 0 aliphatic carbocycles. The fourth-order valence-electron chi connectivity index (χ4n) is 1.30. The number of nitrogens with zero attached hydrogens (tertiary/aromatic N) is 1. The third kappa shape index (κ3) is 3.32. The second kappa shape index (κ2) is 5.45. The maximum absolute atomic E-state index is 12.2. The lowest BCUT2D eigenvalue weighted by molar-refractivity contribution is 0.601. The Kier molecular flexibility index (Phi) is 4.26. The number of thiazole rings is 1. The molecule has 1 aromatic heterocycles. The molecule has 0 bridgehead atoms. The number of nitrogen functional groups attached to an aromatic ring is 1. The first kappa shape index (κ1) is 14.9. The standard InChI is InChI=1S/C9H6BrCl2N3O2S2/c10-7-3-14-9(18-7)15-19(16,17)8-5(11)1-4(13)2-6(8)12/h1-3H,13H2,(H,14,15). The van der Waals surface area contributed by atoms with Crippen molar-refractivity contribution in [3.63, 3.8) is 0 Å². The van der Waals surface area contributed by atoms with Gasteiger partial charge in [-0.05, 0) is 28.1 Å². The molecule has 3 N–H and O–H groups in total. The predicted octanol–water partition coefficient (Wildman–Crippen LogP) is 3.60. The molecule has 5 nitrogen and oxygen atoms in total. The van der Waals surface area contributed by atoms with Crippen molar-refractivity contribution in [2.24, 2.45) is 0 Å². The highest BCUT2D eigenvalue weighted by molar-refractivity contribution is 9.11. The Hall–Kier alpha value is -0.540. The quantitative estimate of drug-likeness (QED) is 0.768. The van der Waals surface area contributed by atoms with E-state index in [2.05, 4.69) is 25.6 Å². The van der Waals surface area contributed by atoms with Crippen LogP contribution in [0.3, 0.4) is 0 Å². The summed E-state index contributed by atoms with van der Waals surface area (Å²) in [6, 6.07) is 2.64. The van der Waals surface area contributed by atoms with Crippen LogP contribution in [0.5, 0.6) is 0 Å². The van der Waals surface area contributed by atoms with E-state index in [1.807, 2.05) is 0 Å². The monoisotopic (exact) mass is 401 g/mol. The Morgan fingerprint density at radius 2 is 1.89 bits per heavy atom. The molecule has 0 fully saturated rings. The van der Waals surface area contributed by atoms with Crippen molar-refractivity contribution >= 4 is 71.3 Å². The first-order valence-corrected chi connectivity index (χ1v) is 8.53.